The monoisotopic (exact) mass is 433 g/mol. The predicted molar refractivity (Wildman–Crippen MR) is 115 cm³/mol. The number of β-amino-alcohol motifs (C(OH)–C–C–N with tert-alkyl or cyclic N) is 1. The van der Waals surface area contributed by atoms with Crippen molar-refractivity contribution in [3.8, 4) is 0 Å². The number of hydrogen-bond donors (Lipinski definition) is 1. The first kappa shape index (κ1) is 23.8. The van der Waals surface area contributed by atoms with Gasteiger partial charge in [0.25, 0.3) is 0 Å². The van der Waals surface area contributed by atoms with Crippen LogP contribution in [-0.4, -0.2) is 46.3 Å². The second-order valence-electron chi connectivity index (χ2n) is 7.67. The highest BCUT2D eigenvalue weighted by Gasteiger charge is 2.52. The number of fused-ring (bicyclic) bond motifs is 1. The summed E-state index contributed by atoms with van der Waals surface area (Å²) in [6.07, 6.45) is 10.2. The number of carbonyl (C=O) groups is 3. The number of ketones is 2. The smallest absolute Gasteiger partial charge is 0.304 e. The second kappa shape index (κ2) is 9.58. The SMILES string of the molecule is CCC(C)C=C(C)C=CC1=CC2=C(Cl)C(=O)C(C)(OC(C)=O)C(=O)C2=CN1CCO. The number of rotatable bonds is 7. The fourth-order valence-corrected chi connectivity index (χ4v) is 3.66. The lowest BCUT2D eigenvalue weighted by Gasteiger charge is -2.35. The normalized spacial score (nSPS) is 23.4. The van der Waals surface area contributed by atoms with Crippen molar-refractivity contribution in [2.24, 2.45) is 5.92 Å². The molecule has 1 aliphatic heterocycles. The molecule has 0 saturated heterocycles. The molecular formula is C23H28ClNO5. The van der Waals surface area contributed by atoms with Gasteiger partial charge in [0.2, 0.25) is 17.2 Å². The molecule has 6 nitrogen and oxygen atoms in total. The molecule has 0 bridgehead atoms. The second-order valence-corrected chi connectivity index (χ2v) is 8.05. The Labute approximate surface area is 182 Å². The maximum Gasteiger partial charge on any atom is 0.304 e. The lowest BCUT2D eigenvalue weighted by atomic mass is 9.79. The van der Waals surface area contributed by atoms with Crippen LogP contribution < -0.4 is 0 Å². The quantitative estimate of drug-likeness (QED) is 0.375. The zero-order chi connectivity index (χ0) is 22.6. The molecule has 0 amide bonds. The number of carbonyl (C=O) groups excluding carboxylic acids is 3. The summed E-state index contributed by atoms with van der Waals surface area (Å²) in [5, 5.41) is 9.30. The van der Waals surface area contributed by atoms with Gasteiger partial charge in [0, 0.05) is 36.5 Å². The van der Waals surface area contributed by atoms with Gasteiger partial charge in [-0.1, -0.05) is 49.6 Å². The lowest BCUT2D eigenvalue weighted by molar-refractivity contribution is -0.167. The van der Waals surface area contributed by atoms with Gasteiger partial charge < -0.3 is 14.7 Å². The number of aliphatic hydroxyl groups is 1. The maximum absolute atomic E-state index is 13.0. The van der Waals surface area contributed by atoms with Gasteiger partial charge in [-0.25, -0.2) is 0 Å². The Hall–Kier alpha value is -2.44. The molecule has 0 saturated carbocycles. The zero-order valence-corrected chi connectivity index (χ0v) is 18.7. The van der Waals surface area contributed by atoms with Gasteiger partial charge in [-0.2, -0.15) is 0 Å². The topological polar surface area (TPSA) is 83.9 Å². The lowest BCUT2D eigenvalue weighted by Crippen LogP contribution is -2.52. The van der Waals surface area contributed by atoms with E-state index in [0.717, 1.165) is 18.9 Å². The van der Waals surface area contributed by atoms with Crippen LogP contribution in [0, 0.1) is 5.92 Å². The van der Waals surface area contributed by atoms with Gasteiger partial charge in [0.05, 0.1) is 11.6 Å². The van der Waals surface area contributed by atoms with Crippen LogP contribution in [0.5, 0.6) is 0 Å². The zero-order valence-electron chi connectivity index (χ0n) is 18.0. The number of esters is 1. The molecule has 2 aliphatic rings. The van der Waals surface area contributed by atoms with Gasteiger partial charge in [0.1, 0.15) is 0 Å². The molecule has 2 rings (SSSR count). The van der Waals surface area contributed by atoms with Crippen molar-refractivity contribution in [2.45, 2.75) is 46.6 Å². The van der Waals surface area contributed by atoms with Crippen LogP contribution in [0.15, 0.2) is 58.0 Å². The van der Waals surface area contributed by atoms with Crippen LogP contribution >= 0.6 is 11.6 Å². The number of aliphatic hydroxyl groups excluding tert-OH is 1. The molecule has 0 spiro atoms. The van der Waals surface area contributed by atoms with E-state index in [1.807, 2.05) is 19.1 Å². The van der Waals surface area contributed by atoms with E-state index in [2.05, 4.69) is 19.9 Å². The highest BCUT2D eigenvalue weighted by molar-refractivity contribution is 6.49. The Morgan fingerprint density at radius 3 is 2.57 bits per heavy atom. The van der Waals surface area contributed by atoms with E-state index in [4.69, 9.17) is 16.3 Å². The van der Waals surface area contributed by atoms with Crippen LogP contribution in [-0.2, 0) is 19.1 Å². The third-order valence-corrected chi connectivity index (χ3v) is 5.52. The van der Waals surface area contributed by atoms with Gasteiger partial charge in [-0.05, 0) is 31.9 Å². The number of allylic oxidation sites excluding steroid dienone is 6. The third kappa shape index (κ3) is 4.82. The summed E-state index contributed by atoms with van der Waals surface area (Å²) in [5.41, 5.74) is 0.200. The van der Waals surface area contributed by atoms with Crippen molar-refractivity contribution in [3.63, 3.8) is 0 Å². The fraction of sp³-hybridized carbons (Fsp3) is 0.435. The van der Waals surface area contributed by atoms with Crippen LogP contribution in [0.1, 0.15) is 41.0 Å². The van der Waals surface area contributed by atoms with E-state index in [1.165, 1.54) is 13.1 Å². The molecule has 2 unspecified atom stereocenters. The van der Waals surface area contributed by atoms with Gasteiger partial charge in [-0.3, -0.25) is 14.4 Å². The standard InChI is InChI=1S/C23H28ClNO5/c1-6-14(2)11-15(3)7-8-17-12-18-19(13-25(17)9-10-26)21(28)23(5,30-16(4)27)22(29)20(18)24/h7-8,11-14,26H,6,9-10H2,1-5H3. The molecule has 30 heavy (non-hydrogen) atoms. The van der Waals surface area contributed by atoms with Crippen molar-refractivity contribution < 1.29 is 24.2 Å². The molecule has 0 fully saturated rings. The molecule has 1 heterocycles. The largest absolute Gasteiger partial charge is 0.443 e. The number of nitrogens with zero attached hydrogens (tertiary/aromatic N) is 1. The fourth-order valence-electron chi connectivity index (χ4n) is 3.33. The highest BCUT2D eigenvalue weighted by atomic mass is 35.5. The van der Waals surface area contributed by atoms with E-state index in [1.54, 1.807) is 11.0 Å². The van der Waals surface area contributed by atoms with E-state index in [0.29, 0.717) is 11.6 Å². The van der Waals surface area contributed by atoms with E-state index >= 15 is 0 Å². The molecule has 0 radical (unpaired) electrons. The number of halogens is 1. The summed E-state index contributed by atoms with van der Waals surface area (Å²) in [6, 6.07) is 0. The van der Waals surface area contributed by atoms with Crippen molar-refractivity contribution in [1.82, 2.24) is 4.90 Å². The minimum absolute atomic E-state index is 0.141. The Morgan fingerprint density at radius 2 is 2.00 bits per heavy atom. The molecule has 7 heteroatoms. The first-order valence-corrected chi connectivity index (χ1v) is 10.3. The molecule has 0 aromatic rings. The first-order chi connectivity index (χ1) is 14.0. The summed E-state index contributed by atoms with van der Waals surface area (Å²) in [5.74, 6) is -1.70. The molecule has 1 aliphatic carbocycles. The van der Waals surface area contributed by atoms with Crippen LogP contribution in [0.4, 0.5) is 0 Å². The Bertz CT molecular complexity index is 909. The van der Waals surface area contributed by atoms with Crippen molar-refractivity contribution in [1.29, 1.82) is 0 Å². The third-order valence-electron chi connectivity index (χ3n) is 5.14. The van der Waals surface area contributed by atoms with E-state index < -0.39 is 23.1 Å². The van der Waals surface area contributed by atoms with Gasteiger partial charge >= 0.3 is 5.97 Å². The number of Topliss-reactive ketones (excluding diaryl/α,β-unsaturated/α-hetero) is 2. The van der Waals surface area contributed by atoms with E-state index in [-0.39, 0.29) is 29.3 Å². The van der Waals surface area contributed by atoms with Crippen molar-refractivity contribution in [3.05, 3.63) is 58.0 Å². The van der Waals surface area contributed by atoms with Crippen LogP contribution in [0.25, 0.3) is 0 Å². The number of ether oxygens (including phenoxy) is 1. The average molecular weight is 434 g/mol. The maximum atomic E-state index is 13.0. The Balaban J connectivity index is 2.52. The molecular weight excluding hydrogens is 406 g/mol. The summed E-state index contributed by atoms with van der Waals surface area (Å²) >= 11 is 6.31. The average Bonchev–Trinajstić information content (AvgIpc) is 2.69. The Morgan fingerprint density at radius 1 is 1.33 bits per heavy atom. The summed E-state index contributed by atoms with van der Waals surface area (Å²) in [4.78, 5) is 39.0. The minimum Gasteiger partial charge on any atom is -0.443 e. The number of hydrogen-bond acceptors (Lipinski definition) is 6. The van der Waals surface area contributed by atoms with Crippen LogP contribution in [0.2, 0.25) is 0 Å². The highest BCUT2D eigenvalue weighted by Crippen LogP contribution is 2.39. The van der Waals surface area contributed by atoms with Crippen molar-refractivity contribution in [2.75, 3.05) is 13.2 Å². The first-order valence-electron chi connectivity index (χ1n) is 9.92. The molecule has 0 aromatic carbocycles. The molecule has 0 aromatic heterocycles. The van der Waals surface area contributed by atoms with Crippen LogP contribution in [0.3, 0.4) is 0 Å². The molecule has 2 atom stereocenters. The minimum atomic E-state index is -2.00. The molecule has 162 valence electrons. The summed E-state index contributed by atoms with van der Waals surface area (Å²) < 4.78 is 5.06. The summed E-state index contributed by atoms with van der Waals surface area (Å²) in [7, 11) is 0. The van der Waals surface area contributed by atoms with Crippen molar-refractivity contribution >= 4 is 29.1 Å². The Kier molecular flexibility index (Phi) is 7.61. The van der Waals surface area contributed by atoms with Gasteiger partial charge in [0.15, 0.2) is 0 Å². The predicted octanol–water partition coefficient (Wildman–Crippen LogP) is 3.58. The van der Waals surface area contributed by atoms with Gasteiger partial charge in [-0.15, -0.1) is 0 Å². The van der Waals surface area contributed by atoms with E-state index in [9.17, 15) is 19.5 Å². The molecule has 1 N–H and O–H groups in total. The summed E-state index contributed by atoms with van der Waals surface area (Å²) in [6.45, 7) is 8.72.